The summed E-state index contributed by atoms with van der Waals surface area (Å²) in [6.07, 6.45) is 0.715. The molecule has 2 aromatic rings. The summed E-state index contributed by atoms with van der Waals surface area (Å²) in [5, 5.41) is 0.650. The number of para-hydroxylation sites is 2. The number of hydrogen-bond acceptors (Lipinski definition) is 3. The van der Waals surface area contributed by atoms with Gasteiger partial charge in [-0.1, -0.05) is 30.8 Å². The Hall–Kier alpha value is -1.49. The van der Waals surface area contributed by atoms with E-state index in [9.17, 15) is 4.79 Å². The Balaban J connectivity index is 2.41. The van der Waals surface area contributed by atoms with Gasteiger partial charge in [-0.15, -0.1) is 0 Å². The van der Waals surface area contributed by atoms with E-state index < -0.39 is 0 Å². The first kappa shape index (κ1) is 13.0. The van der Waals surface area contributed by atoms with Crippen molar-refractivity contribution in [2.45, 2.75) is 37.2 Å². The minimum absolute atomic E-state index is 0.216. The zero-order chi connectivity index (χ0) is 13.1. The maximum absolute atomic E-state index is 11.3. The fraction of sp³-hybridized carbons (Fsp3) is 0.385. The quantitative estimate of drug-likeness (QED) is 0.843. The third-order valence-corrected chi connectivity index (χ3v) is 4.24. The molecule has 5 heteroatoms. The molecule has 0 bridgehead atoms. The lowest BCUT2D eigenvalue weighted by Gasteiger charge is -2.11. The Morgan fingerprint density at radius 1 is 1.44 bits per heavy atom. The average Bonchev–Trinajstić information content (AvgIpc) is 2.72. The molecule has 0 aliphatic carbocycles. The normalized spacial score (nSPS) is 12.8. The van der Waals surface area contributed by atoms with Gasteiger partial charge in [0, 0.05) is 6.54 Å². The molecule has 1 amide bonds. The van der Waals surface area contributed by atoms with E-state index in [1.165, 1.54) is 11.8 Å². The number of carbonyl (C=O) groups is 1. The van der Waals surface area contributed by atoms with Crippen LogP contribution < -0.4 is 5.73 Å². The molecule has 0 spiro atoms. The molecule has 2 N–H and O–H groups in total. The fourth-order valence-electron chi connectivity index (χ4n) is 1.92. The molecule has 1 aromatic heterocycles. The van der Waals surface area contributed by atoms with Crippen LogP contribution in [0.5, 0.6) is 0 Å². The predicted octanol–water partition coefficient (Wildman–Crippen LogP) is 2.41. The second kappa shape index (κ2) is 5.44. The summed E-state index contributed by atoms with van der Waals surface area (Å²) in [4.78, 5) is 15.9. The lowest BCUT2D eigenvalue weighted by Crippen LogP contribution is -2.25. The van der Waals surface area contributed by atoms with Crippen molar-refractivity contribution in [1.29, 1.82) is 0 Å². The van der Waals surface area contributed by atoms with Gasteiger partial charge in [0.1, 0.15) is 0 Å². The molecule has 0 aliphatic rings. The van der Waals surface area contributed by atoms with Crippen LogP contribution in [0.25, 0.3) is 11.0 Å². The number of nitrogens with zero attached hydrogens (tertiary/aromatic N) is 2. The van der Waals surface area contributed by atoms with Gasteiger partial charge in [-0.05, 0) is 25.5 Å². The Labute approximate surface area is 111 Å². The van der Waals surface area contributed by atoms with Crippen LogP contribution >= 0.6 is 11.8 Å². The number of benzene rings is 1. The van der Waals surface area contributed by atoms with Crippen LogP contribution in [0.4, 0.5) is 0 Å². The van der Waals surface area contributed by atoms with Crippen molar-refractivity contribution in [3.8, 4) is 0 Å². The molecule has 1 unspecified atom stereocenters. The first-order valence-electron chi connectivity index (χ1n) is 6.08. The van der Waals surface area contributed by atoms with Crippen molar-refractivity contribution in [3.63, 3.8) is 0 Å². The van der Waals surface area contributed by atoms with E-state index >= 15 is 0 Å². The Kier molecular flexibility index (Phi) is 3.91. The van der Waals surface area contributed by atoms with Gasteiger partial charge in [-0.2, -0.15) is 0 Å². The summed E-state index contributed by atoms with van der Waals surface area (Å²) in [6, 6.07) is 7.99. The standard InChI is InChI=1S/C13H17N3OS/c1-3-11(12(14)17)18-13-15-9-7-5-6-8-10(9)16(13)4-2/h5-8,11H,3-4H2,1-2H3,(H2,14,17). The highest BCUT2D eigenvalue weighted by Gasteiger charge is 2.19. The van der Waals surface area contributed by atoms with Gasteiger partial charge in [0.15, 0.2) is 5.16 Å². The number of imidazole rings is 1. The average molecular weight is 263 g/mol. The van der Waals surface area contributed by atoms with Gasteiger partial charge in [0.05, 0.1) is 16.3 Å². The number of aryl methyl sites for hydroxylation is 1. The molecule has 0 radical (unpaired) electrons. The van der Waals surface area contributed by atoms with Gasteiger partial charge in [-0.25, -0.2) is 4.98 Å². The predicted molar refractivity (Wildman–Crippen MR) is 74.5 cm³/mol. The van der Waals surface area contributed by atoms with E-state index in [2.05, 4.69) is 16.5 Å². The van der Waals surface area contributed by atoms with E-state index in [1.54, 1.807) is 0 Å². The summed E-state index contributed by atoms with van der Waals surface area (Å²) in [6.45, 7) is 4.86. The molecule has 1 heterocycles. The molecule has 0 saturated carbocycles. The Morgan fingerprint density at radius 2 is 2.17 bits per heavy atom. The fourth-order valence-corrected chi connectivity index (χ4v) is 2.96. The molecule has 1 aromatic carbocycles. The van der Waals surface area contributed by atoms with Crippen molar-refractivity contribution in [2.24, 2.45) is 5.73 Å². The molecular formula is C13H17N3OS. The molecule has 4 nitrogen and oxygen atoms in total. The number of carbonyl (C=O) groups excluding carboxylic acids is 1. The third kappa shape index (κ3) is 2.36. The summed E-state index contributed by atoms with van der Waals surface area (Å²) < 4.78 is 2.12. The highest BCUT2D eigenvalue weighted by molar-refractivity contribution is 8.00. The number of aromatic nitrogens is 2. The van der Waals surface area contributed by atoms with Crippen molar-refractivity contribution in [2.75, 3.05) is 0 Å². The summed E-state index contributed by atoms with van der Waals surface area (Å²) >= 11 is 1.45. The van der Waals surface area contributed by atoms with Crippen LogP contribution in [0.15, 0.2) is 29.4 Å². The van der Waals surface area contributed by atoms with Crippen molar-refractivity contribution in [1.82, 2.24) is 9.55 Å². The topological polar surface area (TPSA) is 60.9 Å². The third-order valence-electron chi connectivity index (χ3n) is 2.87. The largest absolute Gasteiger partial charge is 0.369 e. The molecule has 0 fully saturated rings. The van der Waals surface area contributed by atoms with Crippen molar-refractivity contribution >= 4 is 28.7 Å². The number of amides is 1. The van der Waals surface area contributed by atoms with Gasteiger partial charge in [0.2, 0.25) is 5.91 Å². The Morgan fingerprint density at radius 3 is 2.78 bits per heavy atom. The van der Waals surface area contributed by atoms with Gasteiger partial charge in [0.25, 0.3) is 0 Å². The van der Waals surface area contributed by atoms with Gasteiger partial charge < -0.3 is 10.3 Å². The molecule has 1 atom stereocenters. The van der Waals surface area contributed by atoms with E-state index in [4.69, 9.17) is 5.73 Å². The first-order valence-corrected chi connectivity index (χ1v) is 6.96. The van der Waals surface area contributed by atoms with Crippen LogP contribution in [0.1, 0.15) is 20.3 Å². The molecular weight excluding hydrogens is 246 g/mol. The second-order valence-electron chi connectivity index (χ2n) is 4.04. The van der Waals surface area contributed by atoms with E-state index in [1.807, 2.05) is 31.2 Å². The highest BCUT2D eigenvalue weighted by Crippen LogP contribution is 2.28. The van der Waals surface area contributed by atoms with Crippen molar-refractivity contribution in [3.05, 3.63) is 24.3 Å². The minimum atomic E-state index is -0.280. The van der Waals surface area contributed by atoms with Crippen molar-refractivity contribution < 1.29 is 4.79 Å². The number of thioether (sulfide) groups is 1. The summed E-state index contributed by atoms with van der Waals surface area (Å²) in [5.74, 6) is -0.280. The maximum atomic E-state index is 11.3. The van der Waals surface area contributed by atoms with Crippen LogP contribution in [-0.2, 0) is 11.3 Å². The smallest absolute Gasteiger partial charge is 0.231 e. The number of fused-ring (bicyclic) bond motifs is 1. The summed E-state index contributed by atoms with van der Waals surface area (Å²) in [7, 11) is 0. The zero-order valence-corrected chi connectivity index (χ0v) is 11.4. The summed E-state index contributed by atoms with van der Waals surface area (Å²) in [5.41, 5.74) is 7.44. The lowest BCUT2D eigenvalue weighted by atomic mass is 10.3. The SMILES string of the molecule is CCC(Sc1nc2ccccc2n1CC)C(N)=O. The number of hydrogen-bond donors (Lipinski definition) is 1. The molecule has 2 rings (SSSR count). The highest BCUT2D eigenvalue weighted by atomic mass is 32.2. The van der Waals surface area contributed by atoms with Gasteiger partial charge in [-0.3, -0.25) is 4.79 Å². The van der Waals surface area contributed by atoms with Crippen LogP contribution in [0.2, 0.25) is 0 Å². The maximum Gasteiger partial charge on any atom is 0.231 e. The number of nitrogens with two attached hydrogens (primary N) is 1. The second-order valence-corrected chi connectivity index (χ2v) is 5.21. The Bertz CT molecular complexity index is 564. The zero-order valence-electron chi connectivity index (χ0n) is 10.6. The number of rotatable bonds is 5. The van der Waals surface area contributed by atoms with E-state index in [0.29, 0.717) is 6.42 Å². The van der Waals surface area contributed by atoms with Crippen LogP contribution in [-0.4, -0.2) is 20.7 Å². The lowest BCUT2D eigenvalue weighted by molar-refractivity contribution is -0.117. The van der Waals surface area contributed by atoms with Gasteiger partial charge >= 0.3 is 0 Å². The minimum Gasteiger partial charge on any atom is -0.369 e. The molecule has 96 valence electrons. The molecule has 0 aliphatic heterocycles. The first-order chi connectivity index (χ1) is 8.67. The molecule has 0 saturated heterocycles. The monoisotopic (exact) mass is 263 g/mol. The van der Waals surface area contributed by atoms with Crippen LogP contribution in [0.3, 0.4) is 0 Å². The van der Waals surface area contributed by atoms with E-state index in [0.717, 1.165) is 22.7 Å². The van der Waals surface area contributed by atoms with E-state index in [-0.39, 0.29) is 11.2 Å². The molecule has 18 heavy (non-hydrogen) atoms. The number of primary amides is 1. The van der Waals surface area contributed by atoms with Crippen LogP contribution in [0, 0.1) is 0 Å².